The Morgan fingerprint density at radius 1 is 1.30 bits per heavy atom. The Labute approximate surface area is 161 Å². The number of aromatic carboxylic acids is 1. The van der Waals surface area contributed by atoms with E-state index in [2.05, 4.69) is 5.32 Å². The predicted molar refractivity (Wildman–Crippen MR) is 104 cm³/mol. The normalized spacial score (nSPS) is 17.3. The first kappa shape index (κ1) is 19.3. The number of furan rings is 1. The van der Waals surface area contributed by atoms with Gasteiger partial charge in [-0.3, -0.25) is 9.59 Å². The van der Waals surface area contributed by atoms with Gasteiger partial charge in [0.2, 0.25) is 17.6 Å². The first-order valence-corrected chi connectivity index (χ1v) is 9.74. The fourth-order valence-corrected chi connectivity index (χ4v) is 4.09. The van der Waals surface area contributed by atoms with Crippen LogP contribution in [0.25, 0.3) is 11.0 Å². The minimum absolute atomic E-state index is 0.0240. The standard InChI is InChI=1S/C19H22N2O5S/c1-19(2,3)8-16(22)21-10-27-9-13(21)17(23)20-12-4-5-14-11(6-12)7-15(26-14)18(24)25/h4-7,13H,8-10H2,1-3H3,(H,20,23)(H,24,25). The fourth-order valence-electron chi connectivity index (χ4n) is 2.91. The van der Waals surface area contributed by atoms with Crippen molar-refractivity contribution in [3.05, 3.63) is 30.0 Å². The number of hydrogen-bond acceptors (Lipinski definition) is 5. The number of nitrogens with zero attached hydrogens (tertiary/aromatic N) is 1. The fraction of sp³-hybridized carbons (Fsp3) is 0.421. The van der Waals surface area contributed by atoms with Gasteiger partial charge >= 0.3 is 5.97 Å². The van der Waals surface area contributed by atoms with Crippen molar-refractivity contribution >= 4 is 46.2 Å². The SMILES string of the molecule is CC(C)(C)CC(=O)N1CSCC1C(=O)Nc1ccc2oc(C(=O)O)cc2c1. The number of carboxylic acids is 1. The molecule has 1 saturated heterocycles. The van der Waals surface area contributed by atoms with Gasteiger partial charge in [-0.15, -0.1) is 11.8 Å². The summed E-state index contributed by atoms with van der Waals surface area (Å²) in [6.45, 7) is 5.98. The van der Waals surface area contributed by atoms with E-state index < -0.39 is 12.0 Å². The van der Waals surface area contributed by atoms with Gasteiger partial charge in [-0.05, 0) is 29.7 Å². The molecule has 2 aromatic rings. The first-order chi connectivity index (χ1) is 12.6. The summed E-state index contributed by atoms with van der Waals surface area (Å²) in [6.07, 6.45) is 0.385. The Morgan fingerprint density at radius 2 is 2.04 bits per heavy atom. The second kappa shape index (κ2) is 7.26. The molecular formula is C19H22N2O5S. The molecule has 2 heterocycles. The third kappa shape index (κ3) is 4.44. The van der Waals surface area contributed by atoms with Crippen LogP contribution in [0.4, 0.5) is 5.69 Å². The highest BCUT2D eigenvalue weighted by Crippen LogP contribution is 2.28. The summed E-state index contributed by atoms with van der Waals surface area (Å²) in [5, 5.41) is 12.4. The monoisotopic (exact) mass is 390 g/mol. The van der Waals surface area contributed by atoms with Crippen molar-refractivity contribution < 1.29 is 23.9 Å². The van der Waals surface area contributed by atoms with Crippen LogP contribution in [-0.2, 0) is 9.59 Å². The van der Waals surface area contributed by atoms with Crippen LogP contribution in [0.5, 0.6) is 0 Å². The number of fused-ring (bicyclic) bond motifs is 1. The van der Waals surface area contributed by atoms with Crippen LogP contribution in [0.3, 0.4) is 0 Å². The molecule has 1 aliphatic heterocycles. The number of nitrogens with one attached hydrogen (secondary N) is 1. The molecule has 2 N–H and O–H groups in total. The van der Waals surface area contributed by atoms with Crippen molar-refractivity contribution in [2.45, 2.75) is 33.2 Å². The van der Waals surface area contributed by atoms with Crippen molar-refractivity contribution in [3.63, 3.8) is 0 Å². The highest BCUT2D eigenvalue weighted by Gasteiger charge is 2.35. The van der Waals surface area contributed by atoms with E-state index in [1.165, 1.54) is 6.07 Å². The van der Waals surface area contributed by atoms with Gasteiger partial charge in [0, 0.05) is 23.2 Å². The van der Waals surface area contributed by atoms with Gasteiger partial charge in [0.05, 0.1) is 5.88 Å². The van der Waals surface area contributed by atoms with Gasteiger partial charge in [0.1, 0.15) is 11.6 Å². The van der Waals surface area contributed by atoms with E-state index in [1.54, 1.807) is 34.9 Å². The Bertz CT molecular complexity index is 899. The zero-order valence-electron chi connectivity index (χ0n) is 15.4. The maximum atomic E-state index is 12.7. The maximum Gasteiger partial charge on any atom is 0.371 e. The Kier molecular flexibility index (Phi) is 5.19. The van der Waals surface area contributed by atoms with Crippen LogP contribution in [0.2, 0.25) is 0 Å². The molecule has 0 spiro atoms. The van der Waals surface area contributed by atoms with Crippen molar-refractivity contribution in [1.29, 1.82) is 0 Å². The lowest BCUT2D eigenvalue weighted by Gasteiger charge is -2.26. The van der Waals surface area contributed by atoms with Gasteiger partial charge in [-0.25, -0.2) is 4.79 Å². The summed E-state index contributed by atoms with van der Waals surface area (Å²) in [5.41, 5.74) is 0.827. The van der Waals surface area contributed by atoms with Crippen LogP contribution in [0.1, 0.15) is 37.7 Å². The van der Waals surface area contributed by atoms with Crippen molar-refractivity contribution in [2.75, 3.05) is 16.9 Å². The summed E-state index contributed by atoms with van der Waals surface area (Å²) in [6, 6.07) is 5.83. The second-order valence-electron chi connectivity index (χ2n) is 7.77. The average Bonchev–Trinajstić information content (AvgIpc) is 3.19. The molecule has 1 aromatic heterocycles. The van der Waals surface area contributed by atoms with Crippen molar-refractivity contribution in [3.8, 4) is 0 Å². The Hall–Kier alpha value is -2.48. The molecule has 7 nitrogen and oxygen atoms in total. The van der Waals surface area contributed by atoms with Crippen LogP contribution in [-0.4, -0.2) is 45.5 Å². The molecule has 1 fully saturated rings. The van der Waals surface area contributed by atoms with Gasteiger partial charge < -0.3 is 19.7 Å². The van der Waals surface area contributed by atoms with E-state index in [4.69, 9.17) is 9.52 Å². The minimum atomic E-state index is -1.15. The summed E-state index contributed by atoms with van der Waals surface area (Å²) in [7, 11) is 0. The first-order valence-electron chi connectivity index (χ1n) is 8.59. The summed E-state index contributed by atoms with van der Waals surface area (Å²) in [4.78, 5) is 37.9. The number of amides is 2. The van der Waals surface area contributed by atoms with Gasteiger partial charge in [-0.2, -0.15) is 0 Å². The van der Waals surface area contributed by atoms with Crippen LogP contribution < -0.4 is 5.32 Å². The lowest BCUT2D eigenvalue weighted by atomic mass is 9.91. The summed E-state index contributed by atoms with van der Waals surface area (Å²) in [5.74, 6) is -0.505. The Morgan fingerprint density at radius 3 is 2.70 bits per heavy atom. The number of hydrogen-bond donors (Lipinski definition) is 2. The molecule has 0 saturated carbocycles. The van der Waals surface area contributed by atoms with E-state index in [0.717, 1.165) is 0 Å². The number of carboxylic acid groups (broad SMARTS) is 1. The number of carbonyl (C=O) groups excluding carboxylic acids is 2. The lowest BCUT2D eigenvalue weighted by molar-refractivity contribution is -0.137. The van der Waals surface area contributed by atoms with Crippen LogP contribution >= 0.6 is 11.8 Å². The average molecular weight is 390 g/mol. The van der Waals surface area contributed by atoms with E-state index in [9.17, 15) is 14.4 Å². The van der Waals surface area contributed by atoms with E-state index in [0.29, 0.717) is 34.7 Å². The van der Waals surface area contributed by atoms with Crippen molar-refractivity contribution in [2.24, 2.45) is 5.41 Å². The highest BCUT2D eigenvalue weighted by molar-refractivity contribution is 7.99. The number of thioether (sulfide) groups is 1. The quantitative estimate of drug-likeness (QED) is 0.830. The summed E-state index contributed by atoms with van der Waals surface area (Å²) >= 11 is 1.56. The van der Waals surface area contributed by atoms with Crippen LogP contribution in [0, 0.1) is 5.41 Å². The number of benzene rings is 1. The zero-order valence-corrected chi connectivity index (χ0v) is 16.3. The molecule has 0 aliphatic carbocycles. The van der Waals surface area contributed by atoms with E-state index in [-0.39, 0.29) is 23.0 Å². The molecule has 0 radical (unpaired) electrons. The third-order valence-electron chi connectivity index (χ3n) is 4.18. The summed E-state index contributed by atoms with van der Waals surface area (Å²) < 4.78 is 5.22. The van der Waals surface area contributed by atoms with E-state index >= 15 is 0 Å². The molecule has 1 aliphatic rings. The molecule has 1 unspecified atom stereocenters. The molecule has 1 aromatic carbocycles. The molecule has 0 bridgehead atoms. The molecule has 8 heteroatoms. The topological polar surface area (TPSA) is 99.9 Å². The molecule has 3 rings (SSSR count). The van der Waals surface area contributed by atoms with Gasteiger partial charge in [-0.1, -0.05) is 20.8 Å². The van der Waals surface area contributed by atoms with Gasteiger partial charge in [0.25, 0.3) is 0 Å². The zero-order chi connectivity index (χ0) is 19.8. The van der Waals surface area contributed by atoms with Gasteiger partial charge in [0.15, 0.2) is 0 Å². The predicted octanol–water partition coefficient (Wildman–Crippen LogP) is 3.41. The van der Waals surface area contributed by atoms with E-state index in [1.807, 2.05) is 20.8 Å². The lowest BCUT2D eigenvalue weighted by Crippen LogP contribution is -2.45. The van der Waals surface area contributed by atoms with Crippen LogP contribution in [0.15, 0.2) is 28.7 Å². The third-order valence-corrected chi connectivity index (χ3v) is 5.19. The molecule has 2 amide bonds. The van der Waals surface area contributed by atoms with Crippen molar-refractivity contribution in [1.82, 2.24) is 4.90 Å². The number of anilines is 1. The Balaban J connectivity index is 1.73. The number of carbonyl (C=O) groups is 3. The maximum absolute atomic E-state index is 12.7. The number of rotatable bonds is 4. The highest BCUT2D eigenvalue weighted by atomic mass is 32.2. The molecule has 144 valence electrons. The largest absolute Gasteiger partial charge is 0.475 e. The minimum Gasteiger partial charge on any atom is -0.475 e. The second-order valence-corrected chi connectivity index (χ2v) is 8.77. The molecule has 27 heavy (non-hydrogen) atoms. The smallest absolute Gasteiger partial charge is 0.371 e. The molecular weight excluding hydrogens is 368 g/mol. The molecule has 1 atom stereocenters.